The number of rotatable bonds is 15. The van der Waals surface area contributed by atoms with Crippen LogP contribution >= 0.6 is 0 Å². The lowest BCUT2D eigenvalue weighted by Crippen LogP contribution is -2.53. The summed E-state index contributed by atoms with van der Waals surface area (Å²) in [6, 6.07) is 0. The Morgan fingerprint density at radius 1 is 0.800 bits per heavy atom. The molecule has 0 aliphatic carbocycles. The van der Waals surface area contributed by atoms with E-state index in [-0.39, 0.29) is 0 Å². The highest BCUT2D eigenvalue weighted by molar-refractivity contribution is 4.78. The lowest BCUT2D eigenvalue weighted by atomic mass is 9.73. The van der Waals surface area contributed by atoms with Crippen LogP contribution < -0.4 is 0 Å². The van der Waals surface area contributed by atoms with Gasteiger partial charge < -0.3 is 4.48 Å². The second kappa shape index (κ2) is 12.4. The van der Waals surface area contributed by atoms with E-state index in [1.54, 1.807) is 0 Å². The molecule has 0 heterocycles. The van der Waals surface area contributed by atoms with Gasteiger partial charge in [-0.2, -0.15) is 0 Å². The Morgan fingerprint density at radius 2 is 1.36 bits per heavy atom. The molecule has 25 heavy (non-hydrogen) atoms. The maximum atomic E-state index is 2.55. The number of quaternary nitrogens is 1. The number of nitrogens with zero attached hydrogens (tertiary/aromatic N) is 1. The molecule has 0 rings (SSSR count). The Balaban J connectivity index is 4.55. The van der Waals surface area contributed by atoms with Crippen LogP contribution in [0.5, 0.6) is 0 Å². The third-order valence-electron chi connectivity index (χ3n) is 6.04. The lowest BCUT2D eigenvalue weighted by molar-refractivity contribution is -0.918. The highest BCUT2D eigenvalue weighted by Gasteiger charge is 2.36. The van der Waals surface area contributed by atoms with Gasteiger partial charge in [0.05, 0.1) is 26.7 Å². The average Bonchev–Trinajstić information content (AvgIpc) is 2.44. The van der Waals surface area contributed by atoms with Gasteiger partial charge in [0.2, 0.25) is 0 Å². The van der Waals surface area contributed by atoms with Crippen LogP contribution in [-0.4, -0.2) is 31.2 Å². The first-order valence-corrected chi connectivity index (χ1v) is 11.4. The Morgan fingerprint density at radius 3 is 1.80 bits per heavy atom. The van der Waals surface area contributed by atoms with Crippen LogP contribution in [0.2, 0.25) is 0 Å². The number of unbranched alkanes of at least 4 members (excludes halogenated alkanes) is 3. The smallest absolute Gasteiger partial charge is 0.0839 e. The molecule has 152 valence electrons. The number of hydrogen-bond donors (Lipinski definition) is 0. The molecule has 1 nitrogen and oxygen atoms in total. The van der Waals surface area contributed by atoms with Crippen molar-refractivity contribution < 1.29 is 4.48 Å². The minimum atomic E-state index is 0.450. The van der Waals surface area contributed by atoms with Crippen LogP contribution in [-0.2, 0) is 0 Å². The van der Waals surface area contributed by atoms with Gasteiger partial charge in [-0.15, -0.1) is 0 Å². The van der Waals surface area contributed by atoms with Crippen LogP contribution in [0.4, 0.5) is 0 Å². The predicted octanol–water partition coefficient (Wildman–Crippen LogP) is 7.55. The van der Waals surface area contributed by atoms with E-state index in [0.29, 0.717) is 5.41 Å². The summed E-state index contributed by atoms with van der Waals surface area (Å²) >= 11 is 0. The summed E-state index contributed by atoms with van der Waals surface area (Å²) in [6.45, 7) is 23.3. The van der Waals surface area contributed by atoms with Gasteiger partial charge in [-0.05, 0) is 24.7 Å². The largest absolute Gasteiger partial charge is 0.325 e. The molecule has 0 saturated heterocycles. The first-order valence-electron chi connectivity index (χ1n) is 11.4. The van der Waals surface area contributed by atoms with E-state index in [9.17, 15) is 0 Å². The van der Waals surface area contributed by atoms with Crippen molar-refractivity contribution in [3.63, 3.8) is 0 Å². The minimum absolute atomic E-state index is 0.450. The van der Waals surface area contributed by atoms with Gasteiger partial charge in [0.1, 0.15) is 0 Å². The van der Waals surface area contributed by atoms with Crippen LogP contribution in [0.25, 0.3) is 0 Å². The van der Waals surface area contributed by atoms with Crippen molar-refractivity contribution >= 4 is 0 Å². The molecule has 0 N–H and O–H groups in total. The molecular formula is C24H52N+. The first kappa shape index (κ1) is 25.0. The van der Waals surface area contributed by atoms with Gasteiger partial charge in [-0.25, -0.2) is 0 Å². The normalized spacial score (nSPS) is 16.4. The summed E-state index contributed by atoms with van der Waals surface area (Å²) in [5, 5.41) is 0. The zero-order chi connectivity index (χ0) is 19.5. The molecule has 0 aliphatic heterocycles. The monoisotopic (exact) mass is 354 g/mol. The maximum absolute atomic E-state index is 2.55. The van der Waals surface area contributed by atoms with Crippen molar-refractivity contribution in [3.8, 4) is 0 Å². The second-order valence-electron chi connectivity index (χ2n) is 10.6. The van der Waals surface area contributed by atoms with E-state index in [1.165, 1.54) is 75.5 Å². The predicted molar refractivity (Wildman–Crippen MR) is 116 cm³/mol. The fourth-order valence-corrected chi connectivity index (χ4v) is 5.21. The fraction of sp³-hybridized carbons (Fsp3) is 1.00. The Kier molecular flexibility index (Phi) is 12.3. The van der Waals surface area contributed by atoms with E-state index < -0.39 is 0 Å². The number of hydrogen-bond acceptors (Lipinski definition) is 0. The molecule has 0 aromatic carbocycles. The van der Waals surface area contributed by atoms with E-state index in [2.05, 4.69) is 62.4 Å². The van der Waals surface area contributed by atoms with Crippen molar-refractivity contribution in [1.82, 2.24) is 0 Å². The molecule has 0 aliphatic rings. The SMILES string of the molecule is CCC[N+](C)(CC(C)C)CC(C)(C)C(CC)CCCCCCC(C)C. The van der Waals surface area contributed by atoms with Crippen LogP contribution in [0.1, 0.15) is 107 Å². The summed E-state index contributed by atoms with van der Waals surface area (Å²) in [4.78, 5) is 0. The molecule has 0 amide bonds. The van der Waals surface area contributed by atoms with E-state index in [4.69, 9.17) is 0 Å². The zero-order valence-corrected chi connectivity index (χ0v) is 19.5. The highest BCUT2D eigenvalue weighted by atomic mass is 15.3. The topological polar surface area (TPSA) is 0 Å². The van der Waals surface area contributed by atoms with Gasteiger partial charge in [-0.3, -0.25) is 0 Å². The van der Waals surface area contributed by atoms with Crippen LogP contribution in [0, 0.1) is 23.2 Å². The van der Waals surface area contributed by atoms with Gasteiger partial charge in [-0.1, -0.05) is 93.9 Å². The van der Waals surface area contributed by atoms with Crippen molar-refractivity contribution in [2.45, 2.75) is 107 Å². The molecule has 0 radical (unpaired) electrons. The Bertz CT molecular complexity index is 318. The molecular weight excluding hydrogens is 302 g/mol. The summed E-state index contributed by atoms with van der Waals surface area (Å²) in [5.74, 6) is 2.53. The standard InChI is InChI=1S/C24H52N/c1-10-18-25(9,19-22(5)6)20-24(7,8)23(11-2)17-15-13-12-14-16-21(3)4/h21-23H,10-20H2,1-9H3/q+1. The van der Waals surface area contributed by atoms with Gasteiger partial charge in [0.25, 0.3) is 0 Å². The van der Waals surface area contributed by atoms with Crippen LogP contribution in [0.15, 0.2) is 0 Å². The molecule has 0 bridgehead atoms. The maximum Gasteiger partial charge on any atom is 0.0839 e. The molecule has 0 saturated carbocycles. The summed E-state index contributed by atoms with van der Waals surface area (Å²) in [5.41, 5.74) is 0.450. The molecule has 2 unspecified atom stereocenters. The Labute approximate surface area is 161 Å². The minimum Gasteiger partial charge on any atom is -0.325 e. The van der Waals surface area contributed by atoms with Crippen LogP contribution in [0.3, 0.4) is 0 Å². The van der Waals surface area contributed by atoms with Gasteiger partial charge in [0.15, 0.2) is 0 Å². The Hall–Kier alpha value is -0.0400. The molecule has 0 spiro atoms. The molecule has 1 heteroatoms. The average molecular weight is 355 g/mol. The van der Waals surface area contributed by atoms with Crippen molar-refractivity contribution in [1.29, 1.82) is 0 Å². The van der Waals surface area contributed by atoms with Crippen molar-refractivity contribution in [2.24, 2.45) is 23.2 Å². The summed E-state index contributed by atoms with van der Waals surface area (Å²) < 4.78 is 1.26. The molecule has 2 atom stereocenters. The van der Waals surface area contributed by atoms with E-state index >= 15 is 0 Å². The lowest BCUT2D eigenvalue weighted by Gasteiger charge is -2.44. The third-order valence-corrected chi connectivity index (χ3v) is 6.04. The van der Waals surface area contributed by atoms with E-state index in [0.717, 1.165) is 17.8 Å². The second-order valence-corrected chi connectivity index (χ2v) is 10.6. The molecule has 0 aromatic heterocycles. The highest BCUT2D eigenvalue weighted by Crippen LogP contribution is 2.36. The summed E-state index contributed by atoms with van der Waals surface area (Å²) in [7, 11) is 2.50. The quantitative estimate of drug-likeness (QED) is 0.210. The van der Waals surface area contributed by atoms with Gasteiger partial charge >= 0.3 is 0 Å². The summed E-state index contributed by atoms with van der Waals surface area (Å²) in [6.07, 6.45) is 11.2. The first-order chi connectivity index (χ1) is 11.6. The zero-order valence-electron chi connectivity index (χ0n) is 19.5. The van der Waals surface area contributed by atoms with Gasteiger partial charge in [0, 0.05) is 11.3 Å². The van der Waals surface area contributed by atoms with Crippen molar-refractivity contribution in [2.75, 3.05) is 26.7 Å². The molecule has 0 aromatic rings. The fourth-order valence-electron chi connectivity index (χ4n) is 5.21. The van der Waals surface area contributed by atoms with Crippen molar-refractivity contribution in [3.05, 3.63) is 0 Å². The molecule has 0 fully saturated rings. The van der Waals surface area contributed by atoms with E-state index in [1.807, 2.05) is 0 Å². The third kappa shape index (κ3) is 11.3.